The summed E-state index contributed by atoms with van der Waals surface area (Å²) in [4.78, 5) is 26.2. The lowest BCUT2D eigenvalue weighted by Gasteiger charge is -2.38. The highest BCUT2D eigenvalue weighted by Gasteiger charge is 2.40. The number of fused-ring (bicyclic) bond motifs is 2. The molecule has 2 amide bonds. The average Bonchev–Trinajstić information content (AvgIpc) is 3.13. The minimum Gasteiger partial charge on any atom is -0.497 e. The second-order valence-electron chi connectivity index (χ2n) is 13.6. The van der Waals surface area contributed by atoms with E-state index >= 15 is 8.42 Å². The molecule has 50 heavy (non-hydrogen) atoms. The Kier molecular flexibility index (Phi) is 10.3. The van der Waals surface area contributed by atoms with Gasteiger partial charge >= 0.3 is 6.09 Å². The van der Waals surface area contributed by atoms with Crippen LogP contribution in [0.25, 0.3) is 0 Å². The summed E-state index contributed by atoms with van der Waals surface area (Å²) in [7, 11) is -6.14. The molecular weight excluding hydrogens is 690 g/mol. The number of nitrogens with zero attached hydrogens (tertiary/aromatic N) is 2. The Morgan fingerprint density at radius 3 is 2.30 bits per heavy atom. The topological polar surface area (TPSA) is 149 Å². The average molecular weight is 732 g/mol. The predicted molar refractivity (Wildman–Crippen MR) is 183 cm³/mol. The van der Waals surface area contributed by atoms with Crippen LogP contribution < -0.4 is 14.8 Å². The molecule has 0 aliphatic carbocycles. The highest BCUT2D eigenvalue weighted by Crippen LogP contribution is 2.41. The molecule has 0 radical (unpaired) electrons. The molecule has 3 aromatic rings. The standard InChI is InChI=1S/C35H42FN3O9S2/c1-21(2)27-18-28-32(49(42,43)30-16-23(36)9-11-26(30)33(40)37-28)19-31(27)50(44,45)39(20-22-8-10-25(46-6)17-29(22)47-7)24-12-14-38(15-13-24)34(41)48-35(3,4)5/h8-11,16-19,21,24H,12-15,20H2,1-7H3,(H,37,40). The van der Waals surface area contributed by atoms with E-state index in [1.165, 1.54) is 29.5 Å². The molecule has 1 saturated heterocycles. The van der Waals surface area contributed by atoms with Crippen molar-refractivity contribution in [3.63, 3.8) is 0 Å². The van der Waals surface area contributed by atoms with Crippen molar-refractivity contribution in [2.75, 3.05) is 32.6 Å². The van der Waals surface area contributed by atoms with Gasteiger partial charge in [0.25, 0.3) is 5.91 Å². The van der Waals surface area contributed by atoms with Crippen molar-refractivity contribution in [3.05, 3.63) is 71.0 Å². The number of hydrogen-bond acceptors (Lipinski definition) is 9. The van der Waals surface area contributed by atoms with Crippen LogP contribution in [0.4, 0.5) is 14.9 Å². The van der Waals surface area contributed by atoms with Crippen LogP contribution in [0.5, 0.6) is 11.5 Å². The molecular formula is C35H42FN3O9S2. The summed E-state index contributed by atoms with van der Waals surface area (Å²) in [6.45, 7) is 9.09. The van der Waals surface area contributed by atoms with E-state index in [4.69, 9.17) is 14.2 Å². The first-order chi connectivity index (χ1) is 23.4. The number of ether oxygens (including phenoxy) is 3. The molecule has 5 rings (SSSR count). The summed E-state index contributed by atoms with van der Waals surface area (Å²) in [6, 6.07) is 9.64. The fourth-order valence-corrected chi connectivity index (χ4v) is 9.86. The van der Waals surface area contributed by atoms with Crippen LogP contribution in [0.2, 0.25) is 0 Å². The van der Waals surface area contributed by atoms with Gasteiger partial charge in [0.1, 0.15) is 22.9 Å². The Morgan fingerprint density at radius 1 is 1.02 bits per heavy atom. The third kappa shape index (κ3) is 7.30. The van der Waals surface area contributed by atoms with Gasteiger partial charge in [0.2, 0.25) is 19.9 Å². The quantitative estimate of drug-likeness (QED) is 0.297. The Balaban J connectivity index is 1.64. The number of nitrogens with one attached hydrogen (secondary N) is 1. The molecule has 0 saturated carbocycles. The smallest absolute Gasteiger partial charge is 0.410 e. The van der Waals surface area contributed by atoms with Gasteiger partial charge in [-0.25, -0.2) is 26.0 Å². The summed E-state index contributed by atoms with van der Waals surface area (Å²) in [5, 5.41) is 2.59. The summed E-state index contributed by atoms with van der Waals surface area (Å²) in [6.07, 6.45) is 0.0267. The van der Waals surface area contributed by atoms with E-state index in [2.05, 4.69) is 5.32 Å². The van der Waals surface area contributed by atoms with Gasteiger partial charge in [-0.15, -0.1) is 0 Å². The Labute approximate surface area is 292 Å². The molecule has 1 N–H and O–H groups in total. The maximum atomic E-state index is 15.0. The molecule has 12 nitrogen and oxygen atoms in total. The molecule has 0 aromatic heterocycles. The van der Waals surface area contributed by atoms with Gasteiger partial charge in [0.05, 0.1) is 40.2 Å². The number of benzene rings is 3. The van der Waals surface area contributed by atoms with Crippen molar-refractivity contribution in [3.8, 4) is 11.5 Å². The first kappa shape index (κ1) is 37.1. The Morgan fingerprint density at radius 2 is 1.70 bits per heavy atom. The molecule has 0 spiro atoms. The second kappa shape index (κ2) is 13.8. The third-order valence-electron chi connectivity index (χ3n) is 8.68. The van der Waals surface area contributed by atoms with Gasteiger partial charge in [-0.2, -0.15) is 4.31 Å². The van der Waals surface area contributed by atoms with E-state index in [0.29, 0.717) is 17.1 Å². The third-order valence-corrected chi connectivity index (χ3v) is 12.5. The number of halogens is 1. The number of amides is 2. The van der Waals surface area contributed by atoms with Crippen LogP contribution in [0.15, 0.2) is 63.2 Å². The number of sulfonamides is 1. The summed E-state index contributed by atoms with van der Waals surface area (Å²) >= 11 is 0. The first-order valence-electron chi connectivity index (χ1n) is 16.1. The van der Waals surface area contributed by atoms with Crippen molar-refractivity contribution in [1.29, 1.82) is 0 Å². The van der Waals surface area contributed by atoms with Crippen molar-refractivity contribution >= 4 is 37.5 Å². The Hall–Kier alpha value is -4.21. The number of likely N-dealkylation sites (tertiary alicyclic amines) is 1. The van der Waals surface area contributed by atoms with Gasteiger partial charge in [-0.1, -0.05) is 19.9 Å². The lowest BCUT2D eigenvalue weighted by molar-refractivity contribution is 0.0176. The lowest BCUT2D eigenvalue weighted by atomic mass is 10.0. The van der Waals surface area contributed by atoms with Crippen molar-refractivity contribution in [2.24, 2.45) is 0 Å². The minimum atomic E-state index is -4.58. The van der Waals surface area contributed by atoms with Crippen LogP contribution in [-0.4, -0.2) is 77.0 Å². The monoisotopic (exact) mass is 731 g/mol. The van der Waals surface area contributed by atoms with Crippen LogP contribution in [0.1, 0.15) is 74.9 Å². The molecule has 270 valence electrons. The van der Waals surface area contributed by atoms with Gasteiger partial charge < -0.3 is 24.4 Å². The molecule has 3 aromatic carbocycles. The zero-order valence-electron chi connectivity index (χ0n) is 29.1. The Bertz CT molecular complexity index is 2040. The minimum absolute atomic E-state index is 0.108. The molecule has 0 atom stereocenters. The number of anilines is 1. The number of piperidine rings is 1. The summed E-state index contributed by atoms with van der Waals surface area (Å²) < 4.78 is 90.3. The maximum absolute atomic E-state index is 15.0. The van der Waals surface area contributed by atoms with Crippen molar-refractivity contribution in [2.45, 2.75) is 86.3 Å². The molecule has 0 bridgehead atoms. The fraction of sp³-hybridized carbons (Fsp3) is 0.429. The van der Waals surface area contributed by atoms with E-state index < -0.39 is 65.0 Å². The van der Waals surface area contributed by atoms with E-state index in [1.54, 1.807) is 52.8 Å². The first-order valence-corrected chi connectivity index (χ1v) is 19.0. The van der Waals surface area contributed by atoms with Crippen molar-refractivity contribution < 1.29 is 45.0 Å². The number of carbonyl (C=O) groups excluding carboxylic acids is 2. The van der Waals surface area contributed by atoms with E-state index in [9.17, 15) is 22.4 Å². The molecule has 0 unspecified atom stereocenters. The molecule has 1 fully saturated rings. The fourth-order valence-electron chi connectivity index (χ4n) is 6.14. The van der Waals surface area contributed by atoms with Crippen molar-refractivity contribution in [1.82, 2.24) is 9.21 Å². The molecule has 2 heterocycles. The number of carbonyl (C=O) groups is 2. The zero-order valence-corrected chi connectivity index (χ0v) is 30.7. The largest absolute Gasteiger partial charge is 0.497 e. The van der Waals surface area contributed by atoms with Crippen LogP contribution in [-0.2, 0) is 31.1 Å². The SMILES string of the molecule is COc1ccc(CN(C2CCN(C(=O)OC(C)(C)C)CC2)S(=O)(=O)c2cc3c(cc2C(C)C)NC(=O)c2ccc(F)cc2S3(=O)=O)c(OC)c1. The summed E-state index contributed by atoms with van der Waals surface area (Å²) in [5.41, 5.74) is -0.281. The molecule has 15 heteroatoms. The van der Waals surface area contributed by atoms with Crippen LogP contribution in [0.3, 0.4) is 0 Å². The van der Waals surface area contributed by atoms with E-state index in [1.807, 2.05) is 0 Å². The van der Waals surface area contributed by atoms with E-state index in [-0.39, 0.29) is 54.2 Å². The highest BCUT2D eigenvalue weighted by molar-refractivity contribution is 7.92. The van der Waals surface area contributed by atoms with Gasteiger partial charge in [0.15, 0.2) is 0 Å². The predicted octanol–water partition coefficient (Wildman–Crippen LogP) is 5.96. The molecule has 2 aliphatic heterocycles. The number of rotatable bonds is 8. The van der Waals surface area contributed by atoms with Gasteiger partial charge in [-0.05, 0) is 81.5 Å². The van der Waals surface area contributed by atoms with Gasteiger partial charge in [0, 0.05) is 37.3 Å². The maximum Gasteiger partial charge on any atom is 0.410 e. The van der Waals surface area contributed by atoms with E-state index in [0.717, 1.165) is 24.3 Å². The number of sulfone groups is 1. The summed E-state index contributed by atoms with van der Waals surface area (Å²) in [5.74, 6) is -1.18. The molecule has 2 aliphatic rings. The normalized spacial score (nSPS) is 16.4. The highest BCUT2D eigenvalue weighted by atomic mass is 32.2. The second-order valence-corrected chi connectivity index (χ2v) is 17.3. The lowest BCUT2D eigenvalue weighted by Crippen LogP contribution is -2.49. The zero-order chi connectivity index (χ0) is 36.8. The van der Waals surface area contributed by atoms with Crippen LogP contribution >= 0.6 is 0 Å². The number of hydrogen-bond donors (Lipinski definition) is 1. The number of methoxy groups -OCH3 is 2. The van der Waals surface area contributed by atoms with Gasteiger partial charge in [-0.3, -0.25) is 4.79 Å². The van der Waals surface area contributed by atoms with Crippen LogP contribution in [0, 0.1) is 5.82 Å².